The predicted octanol–water partition coefficient (Wildman–Crippen LogP) is 4.12. The molecular weight excluding hydrogens is 373 g/mol. The van der Waals surface area contributed by atoms with E-state index in [4.69, 9.17) is 27.9 Å². The molecule has 0 atom stereocenters. The van der Waals surface area contributed by atoms with Crippen LogP contribution in [-0.2, 0) is 19.6 Å². The van der Waals surface area contributed by atoms with Gasteiger partial charge in [0.15, 0.2) is 0 Å². The fraction of sp³-hybridized carbons (Fsp3) is 0.562. The summed E-state index contributed by atoms with van der Waals surface area (Å²) in [5.74, 6) is -0.633. The number of nitrogens with zero attached hydrogens (tertiary/aromatic N) is 1. The SMILES string of the molecule is CC(C)(C)OC(=O)CN(C(C)(C)C)S(=O)(=O)c1ccc(Cl)cc1Cl. The van der Waals surface area contributed by atoms with Crippen LogP contribution in [0.4, 0.5) is 0 Å². The molecule has 0 bridgehead atoms. The Labute approximate surface area is 153 Å². The highest BCUT2D eigenvalue weighted by atomic mass is 35.5. The van der Waals surface area contributed by atoms with Crippen molar-refractivity contribution in [2.45, 2.75) is 57.6 Å². The Morgan fingerprint density at radius 3 is 2.08 bits per heavy atom. The Balaban J connectivity index is 3.28. The summed E-state index contributed by atoms with van der Waals surface area (Å²) in [6.07, 6.45) is 0. The Bertz CT molecular complexity index is 719. The second-order valence-corrected chi connectivity index (χ2v) is 10.0. The normalized spacial score (nSPS) is 13.2. The van der Waals surface area contributed by atoms with Crippen molar-refractivity contribution in [2.24, 2.45) is 0 Å². The van der Waals surface area contributed by atoms with Gasteiger partial charge >= 0.3 is 5.97 Å². The molecule has 8 heteroatoms. The molecule has 0 aliphatic rings. The molecule has 0 aromatic heterocycles. The van der Waals surface area contributed by atoms with Crippen LogP contribution in [0.3, 0.4) is 0 Å². The lowest BCUT2D eigenvalue weighted by molar-refractivity contribution is -0.155. The molecule has 0 fully saturated rings. The molecule has 0 amide bonds. The van der Waals surface area contributed by atoms with Gasteiger partial charge in [0.25, 0.3) is 0 Å². The molecule has 0 radical (unpaired) electrons. The first-order chi connectivity index (χ1) is 10.6. The van der Waals surface area contributed by atoms with Crippen molar-refractivity contribution < 1.29 is 17.9 Å². The molecular formula is C16H23Cl2NO4S. The number of halogens is 2. The van der Waals surface area contributed by atoms with E-state index in [9.17, 15) is 13.2 Å². The first-order valence-electron chi connectivity index (χ1n) is 7.34. The minimum atomic E-state index is -4.01. The van der Waals surface area contributed by atoms with Crippen molar-refractivity contribution in [2.75, 3.05) is 6.54 Å². The van der Waals surface area contributed by atoms with Gasteiger partial charge in [0.2, 0.25) is 10.0 Å². The molecule has 0 aliphatic heterocycles. The van der Waals surface area contributed by atoms with Crippen LogP contribution in [0.15, 0.2) is 23.1 Å². The fourth-order valence-corrected chi connectivity index (χ4v) is 4.46. The van der Waals surface area contributed by atoms with E-state index in [1.807, 2.05) is 0 Å². The van der Waals surface area contributed by atoms with Gasteiger partial charge < -0.3 is 4.74 Å². The lowest BCUT2D eigenvalue weighted by Crippen LogP contribution is -2.49. The second-order valence-electron chi connectivity index (χ2n) is 7.34. The summed E-state index contributed by atoms with van der Waals surface area (Å²) in [6.45, 7) is 9.82. The quantitative estimate of drug-likeness (QED) is 0.718. The highest BCUT2D eigenvalue weighted by molar-refractivity contribution is 7.89. The molecule has 0 N–H and O–H groups in total. The third-order valence-electron chi connectivity index (χ3n) is 2.90. The summed E-state index contributed by atoms with van der Waals surface area (Å²) in [5.41, 5.74) is -1.55. The highest BCUT2D eigenvalue weighted by Gasteiger charge is 2.37. The number of sulfonamides is 1. The first kappa shape index (κ1) is 21.2. The van der Waals surface area contributed by atoms with E-state index in [0.29, 0.717) is 5.02 Å². The highest BCUT2D eigenvalue weighted by Crippen LogP contribution is 2.31. The van der Waals surface area contributed by atoms with E-state index in [2.05, 4.69) is 0 Å². The monoisotopic (exact) mass is 395 g/mol. The lowest BCUT2D eigenvalue weighted by atomic mass is 10.1. The van der Waals surface area contributed by atoms with Gasteiger partial charge in [-0.25, -0.2) is 8.42 Å². The molecule has 1 rings (SSSR count). The van der Waals surface area contributed by atoms with Gasteiger partial charge in [-0.1, -0.05) is 23.2 Å². The minimum Gasteiger partial charge on any atom is -0.459 e. The molecule has 0 saturated carbocycles. The van der Waals surface area contributed by atoms with Gasteiger partial charge in [-0.2, -0.15) is 4.31 Å². The van der Waals surface area contributed by atoms with E-state index in [1.54, 1.807) is 41.5 Å². The molecule has 136 valence electrons. The zero-order valence-electron chi connectivity index (χ0n) is 14.7. The maximum atomic E-state index is 13.0. The van der Waals surface area contributed by atoms with Crippen LogP contribution in [0.5, 0.6) is 0 Å². The molecule has 0 aliphatic carbocycles. The number of esters is 1. The van der Waals surface area contributed by atoms with Gasteiger partial charge in [0.05, 0.1) is 5.02 Å². The fourth-order valence-electron chi connectivity index (χ4n) is 1.98. The van der Waals surface area contributed by atoms with E-state index in [1.165, 1.54) is 18.2 Å². The van der Waals surface area contributed by atoms with Crippen LogP contribution >= 0.6 is 23.2 Å². The smallest absolute Gasteiger partial charge is 0.321 e. The molecule has 1 aromatic carbocycles. The van der Waals surface area contributed by atoms with Gasteiger partial charge in [-0.3, -0.25) is 4.79 Å². The molecule has 1 aromatic rings. The number of hydrogen-bond donors (Lipinski definition) is 0. The molecule has 0 saturated heterocycles. The number of hydrogen-bond acceptors (Lipinski definition) is 4. The summed E-state index contributed by atoms with van der Waals surface area (Å²) < 4.78 is 32.3. The van der Waals surface area contributed by atoms with E-state index in [-0.39, 0.29) is 9.92 Å². The van der Waals surface area contributed by atoms with Crippen LogP contribution in [0.2, 0.25) is 10.0 Å². The largest absolute Gasteiger partial charge is 0.459 e. The Kier molecular flexibility index (Phi) is 6.36. The average Bonchev–Trinajstić information content (AvgIpc) is 2.31. The van der Waals surface area contributed by atoms with Gasteiger partial charge in [-0.15, -0.1) is 0 Å². The van der Waals surface area contributed by atoms with E-state index < -0.39 is 33.7 Å². The third kappa shape index (κ3) is 5.62. The zero-order valence-corrected chi connectivity index (χ0v) is 17.0. The maximum Gasteiger partial charge on any atom is 0.321 e. The minimum absolute atomic E-state index is 0.000869. The van der Waals surface area contributed by atoms with Gasteiger partial charge in [0, 0.05) is 10.6 Å². The van der Waals surface area contributed by atoms with Crippen molar-refractivity contribution in [3.8, 4) is 0 Å². The summed E-state index contributed by atoms with van der Waals surface area (Å²) in [4.78, 5) is 12.0. The summed E-state index contributed by atoms with van der Waals surface area (Å²) in [6, 6.07) is 4.12. The van der Waals surface area contributed by atoms with Crippen molar-refractivity contribution in [1.29, 1.82) is 0 Å². The molecule has 5 nitrogen and oxygen atoms in total. The Morgan fingerprint density at radius 1 is 1.12 bits per heavy atom. The standard InChI is InChI=1S/C16H23Cl2NO4S/c1-15(2,3)19(10-14(20)23-16(4,5)6)24(21,22)13-8-7-11(17)9-12(13)18/h7-9H,10H2,1-6H3. The van der Waals surface area contributed by atoms with Gasteiger partial charge in [-0.05, 0) is 59.7 Å². The van der Waals surface area contributed by atoms with Crippen molar-refractivity contribution in [1.82, 2.24) is 4.31 Å². The van der Waals surface area contributed by atoms with Crippen LogP contribution in [0.1, 0.15) is 41.5 Å². The summed E-state index contributed by atoms with van der Waals surface area (Å²) in [5, 5.41) is 0.328. The first-order valence-corrected chi connectivity index (χ1v) is 9.54. The number of ether oxygens (including phenoxy) is 1. The maximum absolute atomic E-state index is 13.0. The van der Waals surface area contributed by atoms with Crippen LogP contribution < -0.4 is 0 Å². The topological polar surface area (TPSA) is 63.7 Å². The molecule has 0 unspecified atom stereocenters. The van der Waals surface area contributed by atoms with Crippen LogP contribution in [-0.4, -0.2) is 36.4 Å². The number of carbonyl (C=O) groups excluding carboxylic acids is 1. The van der Waals surface area contributed by atoms with Crippen molar-refractivity contribution in [3.05, 3.63) is 28.2 Å². The van der Waals surface area contributed by atoms with Gasteiger partial charge in [0.1, 0.15) is 17.0 Å². The third-order valence-corrected chi connectivity index (χ3v) is 5.73. The Morgan fingerprint density at radius 2 is 1.67 bits per heavy atom. The predicted molar refractivity (Wildman–Crippen MR) is 96.0 cm³/mol. The number of rotatable bonds is 4. The molecule has 0 spiro atoms. The average molecular weight is 396 g/mol. The van der Waals surface area contributed by atoms with E-state index >= 15 is 0 Å². The summed E-state index contributed by atoms with van der Waals surface area (Å²) >= 11 is 11.9. The van der Waals surface area contributed by atoms with Crippen LogP contribution in [0, 0.1) is 0 Å². The number of benzene rings is 1. The zero-order chi connectivity index (χ0) is 18.9. The number of carbonyl (C=O) groups is 1. The van der Waals surface area contributed by atoms with Crippen LogP contribution in [0.25, 0.3) is 0 Å². The lowest BCUT2D eigenvalue weighted by Gasteiger charge is -2.34. The van der Waals surface area contributed by atoms with Crippen molar-refractivity contribution >= 4 is 39.2 Å². The molecule has 0 heterocycles. The van der Waals surface area contributed by atoms with E-state index in [0.717, 1.165) is 4.31 Å². The second kappa shape index (κ2) is 7.20. The van der Waals surface area contributed by atoms with Crippen molar-refractivity contribution in [3.63, 3.8) is 0 Å². The molecule has 24 heavy (non-hydrogen) atoms. The summed E-state index contributed by atoms with van der Waals surface area (Å²) in [7, 11) is -4.01. The Hall–Kier alpha value is -0.820.